The van der Waals surface area contributed by atoms with Crippen LogP contribution in [0.1, 0.15) is 12.5 Å². The molecule has 5 nitrogen and oxygen atoms in total. The molecular formula is C21H20FN3O2. The Hall–Kier alpha value is -3.41. The van der Waals surface area contributed by atoms with Gasteiger partial charge in [-0.05, 0) is 43.3 Å². The quantitative estimate of drug-likeness (QED) is 0.708. The molecule has 1 aromatic heterocycles. The Labute approximate surface area is 156 Å². The van der Waals surface area contributed by atoms with Crippen molar-refractivity contribution in [2.75, 3.05) is 14.2 Å². The number of methoxy groups -OCH3 is 2. The molecule has 0 aliphatic carbocycles. The molecule has 0 saturated heterocycles. The Morgan fingerprint density at radius 2 is 1.89 bits per heavy atom. The van der Waals surface area contributed by atoms with Crippen LogP contribution in [-0.4, -0.2) is 30.1 Å². The highest BCUT2D eigenvalue weighted by Gasteiger charge is 2.11. The number of H-pyrrole nitrogens is 1. The first kappa shape index (κ1) is 18.4. The van der Waals surface area contributed by atoms with Crippen LogP contribution in [-0.2, 0) is 0 Å². The summed E-state index contributed by atoms with van der Waals surface area (Å²) >= 11 is 0. The number of aromatic amines is 1. The Morgan fingerprint density at radius 3 is 2.56 bits per heavy atom. The van der Waals surface area contributed by atoms with Crippen molar-refractivity contribution < 1.29 is 13.9 Å². The van der Waals surface area contributed by atoms with Crippen molar-refractivity contribution in [1.29, 1.82) is 0 Å². The van der Waals surface area contributed by atoms with Crippen molar-refractivity contribution in [3.8, 4) is 22.8 Å². The third-order valence-corrected chi connectivity index (χ3v) is 4.21. The number of nitrogens with one attached hydrogen (secondary N) is 1. The Kier molecular flexibility index (Phi) is 5.35. The summed E-state index contributed by atoms with van der Waals surface area (Å²) in [5.41, 5.74) is 2.45. The maximum atomic E-state index is 14.2. The summed E-state index contributed by atoms with van der Waals surface area (Å²) in [5, 5.41) is 8.59. The second kappa shape index (κ2) is 7.86. The lowest BCUT2D eigenvalue weighted by atomic mass is 10.1. The largest absolute Gasteiger partial charge is 0.497 e. The lowest BCUT2D eigenvalue weighted by molar-refractivity contribution is 0.410. The van der Waals surface area contributed by atoms with Crippen LogP contribution in [0.2, 0.25) is 0 Å². The van der Waals surface area contributed by atoms with Crippen LogP contribution in [0.5, 0.6) is 11.5 Å². The fourth-order valence-electron chi connectivity index (χ4n) is 2.72. The number of ether oxygens (including phenoxy) is 2. The molecule has 3 rings (SSSR count). The first-order chi connectivity index (χ1) is 13.0. The van der Waals surface area contributed by atoms with Gasteiger partial charge in [-0.1, -0.05) is 12.6 Å². The van der Waals surface area contributed by atoms with Crippen LogP contribution >= 0.6 is 0 Å². The third kappa shape index (κ3) is 3.74. The number of halogens is 1. The van der Waals surface area contributed by atoms with E-state index in [2.05, 4.69) is 21.8 Å². The molecule has 138 valence electrons. The highest BCUT2D eigenvalue weighted by Crippen LogP contribution is 2.22. The lowest BCUT2D eigenvalue weighted by Crippen LogP contribution is -2.21. The molecule has 1 N–H and O–H groups in total. The van der Waals surface area contributed by atoms with E-state index in [4.69, 9.17) is 9.47 Å². The maximum Gasteiger partial charge on any atom is 0.135 e. The van der Waals surface area contributed by atoms with Gasteiger partial charge >= 0.3 is 0 Å². The van der Waals surface area contributed by atoms with E-state index < -0.39 is 0 Å². The number of rotatable bonds is 5. The van der Waals surface area contributed by atoms with Crippen molar-refractivity contribution >= 4 is 18.5 Å². The molecule has 3 aromatic rings. The van der Waals surface area contributed by atoms with Gasteiger partial charge in [0.25, 0.3) is 0 Å². The van der Waals surface area contributed by atoms with Gasteiger partial charge < -0.3 is 9.47 Å². The van der Waals surface area contributed by atoms with Crippen LogP contribution < -0.4 is 20.0 Å². The molecule has 0 radical (unpaired) electrons. The molecule has 2 aromatic carbocycles. The first-order valence-electron chi connectivity index (χ1n) is 8.30. The minimum Gasteiger partial charge on any atom is -0.497 e. The highest BCUT2D eigenvalue weighted by atomic mass is 19.1. The predicted octanol–water partition coefficient (Wildman–Crippen LogP) is 2.89. The van der Waals surface area contributed by atoms with Crippen molar-refractivity contribution in [2.24, 2.45) is 4.99 Å². The summed E-state index contributed by atoms with van der Waals surface area (Å²) in [6.45, 7) is 5.80. The number of hydrogen-bond acceptors (Lipinski definition) is 4. The molecule has 0 bridgehead atoms. The summed E-state index contributed by atoms with van der Waals surface area (Å²) in [6, 6.07) is 12.2. The van der Waals surface area contributed by atoms with Crippen molar-refractivity contribution in [3.05, 3.63) is 64.4 Å². The first-order valence-corrected chi connectivity index (χ1v) is 8.30. The number of aliphatic imine (C=N–C) groups is 1. The Bertz CT molecular complexity index is 1090. The lowest BCUT2D eigenvalue weighted by Gasteiger charge is -2.08. The minimum atomic E-state index is -0.387. The zero-order valence-corrected chi connectivity index (χ0v) is 15.4. The van der Waals surface area contributed by atoms with Crippen LogP contribution in [0, 0.1) is 5.82 Å². The summed E-state index contributed by atoms with van der Waals surface area (Å²) < 4.78 is 24.6. The maximum absolute atomic E-state index is 14.2. The number of hydrogen-bond donors (Lipinski definition) is 1. The third-order valence-electron chi connectivity index (χ3n) is 4.21. The zero-order valence-electron chi connectivity index (χ0n) is 15.4. The van der Waals surface area contributed by atoms with Gasteiger partial charge in [-0.25, -0.2) is 4.39 Å². The second-order valence-corrected chi connectivity index (χ2v) is 5.85. The van der Waals surface area contributed by atoms with Gasteiger partial charge in [0.15, 0.2) is 0 Å². The van der Waals surface area contributed by atoms with Crippen LogP contribution in [0.3, 0.4) is 0 Å². The van der Waals surface area contributed by atoms with E-state index in [0.29, 0.717) is 27.6 Å². The molecular weight excluding hydrogens is 345 g/mol. The smallest absolute Gasteiger partial charge is 0.135 e. The zero-order chi connectivity index (χ0) is 19.4. The summed E-state index contributed by atoms with van der Waals surface area (Å²) in [6.07, 6.45) is 1.59. The SMILES string of the molecule is C=c1c(-c2ccc(OC)cc2)n[nH]/c1=C/N=C(\C)c1c(F)cccc1OC. The van der Waals surface area contributed by atoms with E-state index in [9.17, 15) is 4.39 Å². The second-order valence-electron chi connectivity index (χ2n) is 5.85. The molecule has 0 aliphatic rings. The van der Waals surface area contributed by atoms with E-state index >= 15 is 0 Å². The van der Waals surface area contributed by atoms with Gasteiger partial charge in [0.05, 0.1) is 42.7 Å². The van der Waals surface area contributed by atoms with Crippen molar-refractivity contribution in [2.45, 2.75) is 6.92 Å². The number of benzene rings is 2. The average molecular weight is 365 g/mol. The molecule has 1 heterocycles. The van der Waals surface area contributed by atoms with Crippen molar-refractivity contribution in [1.82, 2.24) is 10.2 Å². The van der Waals surface area contributed by atoms with Crippen LogP contribution in [0.4, 0.5) is 4.39 Å². The molecule has 0 aliphatic heterocycles. The molecule has 27 heavy (non-hydrogen) atoms. The summed E-state index contributed by atoms with van der Waals surface area (Å²) in [4.78, 5) is 4.37. The van der Waals surface area contributed by atoms with E-state index in [1.54, 1.807) is 32.4 Å². The van der Waals surface area contributed by atoms with E-state index in [0.717, 1.165) is 17.0 Å². The van der Waals surface area contributed by atoms with E-state index in [-0.39, 0.29) is 5.82 Å². The van der Waals surface area contributed by atoms with Gasteiger partial charge in [-0.2, -0.15) is 5.10 Å². The summed E-state index contributed by atoms with van der Waals surface area (Å²) in [5.74, 6) is 0.816. The molecule has 0 fully saturated rings. The Balaban J connectivity index is 1.98. The normalized spacial score (nSPS) is 12.3. The molecule has 6 heteroatoms. The van der Waals surface area contributed by atoms with Gasteiger partial charge in [0.2, 0.25) is 0 Å². The van der Waals surface area contributed by atoms with Gasteiger partial charge in [-0.3, -0.25) is 10.1 Å². The minimum absolute atomic E-state index is 0.330. The predicted molar refractivity (Wildman–Crippen MR) is 105 cm³/mol. The molecule has 0 atom stereocenters. The van der Waals surface area contributed by atoms with E-state index in [1.807, 2.05) is 24.3 Å². The van der Waals surface area contributed by atoms with E-state index in [1.165, 1.54) is 13.2 Å². The fourth-order valence-corrected chi connectivity index (χ4v) is 2.72. The van der Waals surface area contributed by atoms with Gasteiger partial charge in [-0.15, -0.1) is 0 Å². The topological polar surface area (TPSA) is 59.5 Å². The standard InChI is InChI=1S/C21H20FN3O2/c1-13-18(24-25-21(13)15-8-10-16(26-3)11-9-15)12-23-14(2)20-17(22)6-5-7-19(20)27-4/h5-12,24H,1H2,2-4H3/b18-12+,23-14+. The molecule has 0 amide bonds. The molecule has 0 unspecified atom stereocenters. The number of nitrogens with zero attached hydrogens (tertiary/aromatic N) is 2. The molecule has 0 saturated carbocycles. The fraction of sp³-hybridized carbons (Fsp3) is 0.143. The van der Waals surface area contributed by atoms with Crippen LogP contribution in [0.15, 0.2) is 47.5 Å². The van der Waals surface area contributed by atoms with Gasteiger partial charge in [0, 0.05) is 10.8 Å². The van der Waals surface area contributed by atoms with Crippen molar-refractivity contribution in [3.63, 3.8) is 0 Å². The number of aromatic nitrogens is 2. The van der Waals surface area contributed by atoms with Crippen LogP contribution in [0.25, 0.3) is 24.0 Å². The molecule has 0 spiro atoms. The highest BCUT2D eigenvalue weighted by molar-refractivity contribution is 6.02. The Morgan fingerprint density at radius 1 is 1.15 bits per heavy atom. The monoisotopic (exact) mass is 365 g/mol. The summed E-state index contributed by atoms with van der Waals surface area (Å²) in [7, 11) is 3.12. The average Bonchev–Trinajstić information content (AvgIpc) is 3.06. The van der Waals surface area contributed by atoms with Gasteiger partial charge in [0.1, 0.15) is 17.3 Å².